The van der Waals surface area contributed by atoms with Crippen LogP contribution >= 0.6 is 0 Å². The van der Waals surface area contributed by atoms with E-state index in [4.69, 9.17) is 19.4 Å². The fourth-order valence-corrected chi connectivity index (χ4v) is 4.84. The van der Waals surface area contributed by atoms with Crippen molar-refractivity contribution >= 4 is 11.7 Å². The van der Waals surface area contributed by atoms with Crippen molar-refractivity contribution in [3.8, 4) is 5.75 Å². The zero-order valence-electron chi connectivity index (χ0n) is 19.5. The molecule has 0 unspecified atom stereocenters. The molecule has 1 fully saturated rings. The average Bonchev–Trinajstić information content (AvgIpc) is 3.29. The molecule has 0 bridgehead atoms. The zero-order chi connectivity index (χ0) is 22.7. The van der Waals surface area contributed by atoms with Crippen molar-refractivity contribution in [3.05, 3.63) is 46.4 Å². The van der Waals surface area contributed by atoms with E-state index in [1.807, 2.05) is 24.1 Å². The van der Waals surface area contributed by atoms with Crippen LogP contribution in [0.4, 0.5) is 5.82 Å². The van der Waals surface area contributed by atoms with Crippen LogP contribution in [0.1, 0.15) is 54.0 Å². The zero-order valence-corrected chi connectivity index (χ0v) is 19.5. The Kier molecular flexibility index (Phi) is 6.91. The monoisotopic (exact) mass is 439 g/mol. The van der Waals surface area contributed by atoms with Crippen molar-refractivity contribution in [2.24, 2.45) is 0 Å². The van der Waals surface area contributed by atoms with Gasteiger partial charge in [-0.3, -0.25) is 9.69 Å². The van der Waals surface area contributed by atoms with Crippen LogP contribution < -0.4 is 10.1 Å². The number of anilines is 1. The van der Waals surface area contributed by atoms with E-state index in [9.17, 15) is 4.79 Å². The molecule has 32 heavy (non-hydrogen) atoms. The quantitative estimate of drug-likeness (QED) is 0.711. The highest BCUT2D eigenvalue weighted by Crippen LogP contribution is 2.33. The standard InChI is InChI=1S/C24H33N5O3/c1-16(30)29-10-5-6-21(29)24-26-20-9-11-28(14-19(20)23(25-2)27-24)13-18-12-17(15-31-3)7-8-22(18)32-4/h7-8,12,21H,5-6,9-11,13-15H2,1-4H3,(H,25,26,27)/t21-/m1/s1. The molecule has 8 heteroatoms. The SMILES string of the molecule is CNc1nc([C@H]2CCCN2C(C)=O)nc2c1CN(Cc1cc(COC)ccc1OC)CC2. The molecule has 2 aliphatic heterocycles. The van der Waals surface area contributed by atoms with E-state index in [-0.39, 0.29) is 11.9 Å². The second kappa shape index (κ2) is 9.83. The van der Waals surface area contributed by atoms with Gasteiger partial charge in [0.2, 0.25) is 5.91 Å². The summed E-state index contributed by atoms with van der Waals surface area (Å²) in [7, 11) is 5.32. The lowest BCUT2D eigenvalue weighted by Gasteiger charge is -2.31. The van der Waals surface area contributed by atoms with Crippen LogP contribution in [-0.4, -0.2) is 60.0 Å². The van der Waals surface area contributed by atoms with Crippen LogP contribution in [0.5, 0.6) is 5.75 Å². The molecule has 172 valence electrons. The Labute approximate surface area is 189 Å². The van der Waals surface area contributed by atoms with Gasteiger partial charge in [0.1, 0.15) is 11.6 Å². The van der Waals surface area contributed by atoms with Crippen molar-refractivity contribution in [3.63, 3.8) is 0 Å². The van der Waals surface area contributed by atoms with Gasteiger partial charge in [-0.1, -0.05) is 6.07 Å². The number of amides is 1. The first-order chi connectivity index (χ1) is 15.5. The van der Waals surface area contributed by atoms with Gasteiger partial charge in [0.15, 0.2) is 5.82 Å². The number of likely N-dealkylation sites (tertiary alicyclic amines) is 1. The summed E-state index contributed by atoms with van der Waals surface area (Å²) >= 11 is 0. The summed E-state index contributed by atoms with van der Waals surface area (Å²) in [6.07, 6.45) is 2.77. The Morgan fingerprint density at radius 3 is 2.81 bits per heavy atom. The third-order valence-electron chi connectivity index (χ3n) is 6.40. The van der Waals surface area contributed by atoms with E-state index in [1.54, 1.807) is 21.1 Å². The molecule has 1 aromatic heterocycles. The van der Waals surface area contributed by atoms with Crippen LogP contribution in [-0.2, 0) is 35.6 Å². The van der Waals surface area contributed by atoms with Gasteiger partial charge in [-0.15, -0.1) is 0 Å². The third kappa shape index (κ3) is 4.56. The van der Waals surface area contributed by atoms with E-state index in [1.165, 1.54) is 0 Å². The average molecular weight is 440 g/mol. The van der Waals surface area contributed by atoms with Crippen LogP contribution in [0.2, 0.25) is 0 Å². The molecule has 2 aliphatic rings. The molecule has 8 nitrogen and oxygen atoms in total. The first-order valence-electron chi connectivity index (χ1n) is 11.3. The Bertz CT molecular complexity index is 963. The second-order valence-corrected chi connectivity index (χ2v) is 8.52. The molecule has 1 aromatic carbocycles. The van der Waals surface area contributed by atoms with E-state index in [2.05, 4.69) is 16.3 Å². The maximum absolute atomic E-state index is 12.0. The Morgan fingerprint density at radius 2 is 2.09 bits per heavy atom. The predicted molar refractivity (Wildman–Crippen MR) is 122 cm³/mol. The summed E-state index contributed by atoms with van der Waals surface area (Å²) in [4.78, 5) is 26.1. The minimum absolute atomic E-state index is 0.0179. The van der Waals surface area contributed by atoms with E-state index in [0.29, 0.717) is 6.61 Å². The number of rotatable bonds is 7. The van der Waals surface area contributed by atoms with Gasteiger partial charge in [-0.2, -0.15) is 0 Å². The molecule has 4 rings (SSSR count). The number of carbonyl (C=O) groups is 1. The van der Waals surface area contributed by atoms with Crippen molar-refractivity contribution < 1.29 is 14.3 Å². The van der Waals surface area contributed by atoms with Crippen LogP contribution in [0.25, 0.3) is 0 Å². The van der Waals surface area contributed by atoms with Gasteiger partial charge in [0.05, 0.1) is 25.5 Å². The molecule has 1 N–H and O–H groups in total. The van der Waals surface area contributed by atoms with Crippen LogP contribution in [0, 0.1) is 0 Å². The number of aromatic nitrogens is 2. The molecule has 1 amide bonds. The first kappa shape index (κ1) is 22.5. The third-order valence-corrected chi connectivity index (χ3v) is 6.40. The highest BCUT2D eigenvalue weighted by Gasteiger charge is 2.32. The molecule has 0 spiro atoms. The van der Waals surface area contributed by atoms with Gasteiger partial charge in [-0.05, 0) is 30.5 Å². The Morgan fingerprint density at radius 1 is 1.25 bits per heavy atom. The van der Waals surface area contributed by atoms with Crippen molar-refractivity contribution in [2.45, 2.75) is 51.9 Å². The number of hydrogen-bond donors (Lipinski definition) is 1. The maximum Gasteiger partial charge on any atom is 0.220 e. The number of benzene rings is 1. The summed E-state index contributed by atoms with van der Waals surface area (Å²) in [6, 6.07) is 6.19. The normalized spacial score (nSPS) is 18.5. The summed E-state index contributed by atoms with van der Waals surface area (Å²) in [5.41, 5.74) is 4.52. The Balaban J connectivity index is 1.57. The molecule has 1 atom stereocenters. The van der Waals surface area contributed by atoms with Gasteiger partial charge >= 0.3 is 0 Å². The summed E-state index contributed by atoms with van der Waals surface area (Å²) in [5.74, 6) is 2.62. The van der Waals surface area contributed by atoms with E-state index in [0.717, 1.165) is 85.2 Å². The van der Waals surface area contributed by atoms with Gasteiger partial charge in [0.25, 0.3) is 0 Å². The van der Waals surface area contributed by atoms with Crippen molar-refractivity contribution in [2.75, 3.05) is 39.7 Å². The fraction of sp³-hybridized carbons (Fsp3) is 0.542. The minimum atomic E-state index is -0.0179. The van der Waals surface area contributed by atoms with Crippen LogP contribution in [0.15, 0.2) is 18.2 Å². The van der Waals surface area contributed by atoms with Gasteiger partial charge in [-0.25, -0.2) is 9.97 Å². The molecule has 3 heterocycles. The summed E-state index contributed by atoms with van der Waals surface area (Å²) in [5, 5.41) is 3.27. The van der Waals surface area contributed by atoms with Gasteiger partial charge in [0, 0.05) is 64.8 Å². The smallest absolute Gasteiger partial charge is 0.220 e. The Hall–Kier alpha value is -2.71. The molecule has 0 saturated carbocycles. The maximum atomic E-state index is 12.0. The number of ether oxygens (including phenoxy) is 2. The van der Waals surface area contributed by atoms with Crippen LogP contribution in [0.3, 0.4) is 0 Å². The highest BCUT2D eigenvalue weighted by molar-refractivity contribution is 5.74. The lowest BCUT2D eigenvalue weighted by molar-refractivity contribution is -0.129. The predicted octanol–water partition coefficient (Wildman–Crippen LogP) is 2.92. The first-order valence-corrected chi connectivity index (χ1v) is 11.3. The molecule has 2 aromatic rings. The fourth-order valence-electron chi connectivity index (χ4n) is 4.84. The summed E-state index contributed by atoms with van der Waals surface area (Å²) < 4.78 is 10.9. The molecule has 0 aliphatic carbocycles. The largest absolute Gasteiger partial charge is 0.496 e. The highest BCUT2D eigenvalue weighted by atomic mass is 16.5. The number of nitrogens with zero attached hydrogens (tertiary/aromatic N) is 4. The van der Waals surface area contributed by atoms with E-state index < -0.39 is 0 Å². The number of methoxy groups -OCH3 is 2. The molecule has 0 radical (unpaired) electrons. The number of fused-ring (bicyclic) bond motifs is 1. The topological polar surface area (TPSA) is 79.8 Å². The molecular weight excluding hydrogens is 406 g/mol. The number of hydrogen-bond acceptors (Lipinski definition) is 7. The van der Waals surface area contributed by atoms with Gasteiger partial charge < -0.3 is 19.7 Å². The second-order valence-electron chi connectivity index (χ2n) is 8.52. The van der Waals surface area contributed by atoms with Crippen molar-refractivity contribution in [1.29, 1.82) is 0 Å². The van der Waals surface area contributed by atoms with Crippen molar-refractivity contribution in [1.82, 2.24) is 19.8 Å². The summed E-state index contributed by atoms with van der Waals surface area (Å²) in [6.45, 7) is 5.46. The number of carbonyl (C=O) groups excluding carboxylic acids is 1. The lowest BCUT2D eigenvalue weighted by Crippen LogP contribution is -2.33. The number of nitrogens with one attached hydrogen (secondary N) is 1. The molecule has 1 saturated heterocycles. The molecular formula is C24H33N5O3. The minimum Gasteiger partial charge on any atom is -0.496 e. The lowest BCUT2D eigenvalue weighted by atomic mass is 10.0. The van der Waals surface area contributed by atoms with E-state index >= 15 is 0 Å².